The van der Waals surface area contributed by atoms with Crippen LogP contribution < -0.4 is 11.1 Å². The largest absolute Gasteiger partial charge is 0.366 e. The molecule has 1 aromatic carbocycles. The van der Waals surface area contributed by atoms with Gasteiger partial charge in [0.15, 0.2) is 10.8 Å². The van der Waals surface area contributed by atoms with Gasteiger partial charge in [0.2, 0.25) is 11.8 Å². The predicted molar refractivity (Wildman–Crippen MR) is 102 cm³/mol. The summed E-state index contributed by atoms with van der Waals surface area (Å²) < 4.78 is 1.64. The van der Waals surface area contributed by atoms with Gasteiger partial charge in [0, 0.05) is 17.4 Å². The summed E-state index contributed by atoms with van der Waals surface area (Å²) in [6.07, 6.45) is 1.64. The second kappa shape index (κ2) is 7.53. The van der Waals surface area contributed by atoms with Gasteiger partial charge in [-0.05, 0) is 37.3 Å². The summed E-state index contributed by atoms with van der Waals surface area (Å²) in [5.74, 6) is -0.755. The quantitative estimate of drug-likeness (QED) is 0.629. The molecule has 0 spiro atoms. The number of nitrogens with zero attached hydrogens (tertiary/aromatic N) is 3. The van der Waals surface area contributed by atoms with E-state index in [1.54, 1.807) is 47.9 Å². The summed E-state index contributed by atoms with van der Waals surface area (Å²) in [7, 11) is 0. The molecule has 0 bridgehead atoms. The third-order valence-electron chi connectivity index (χ3n) is 3.48. The fourth-order valence-electron chi connectivity index (χ4n) is 2.16. The fourth-order valence-corrected chi connectivity index (χ4v) is 3.49. The Morgan fingerprint density at radius 3 is 2.58 bits per heavy atom. The topological polar surface area (TPSA) is 102 Å². The van der Waals surface area contributed by atoms with Crippen molar-refractivity contribution < 1.29 is 9.59 Å². The lowest BCUT2D eigenvalue weighted by molar-refractivity contribution is -0.115. The minimum atomic E-state index is -0.525. The number of primary amides is 1. The molecule has 0 saturated heterocycles. The first-order valence-electron chi connectivity index (χ1n) is 7.42. The molecule has 26 heavy (non-hydrogen) atoms. The highest BCUT2D eigenvalue weighted by Gasteiger charge is 2.19. The molecule has 134 valence electrons. The van der Waals surface area contributed by atoms with E-state index in [1.807, 2.05) is 0 Å². The number of amides is 2. The molecule has 0 radical (unpaired) electrons. The molecule has 1 atom stereocenters. The lowest BCUT2D eigenvalue weighted by Crippen LogP contribution is -2.22. The molecule has 0 aliphatic carbocycles. The predicted octanol–water partition coefficient (Wildman–Crippen LogP) is 3.25. The molecular formula is C16H13Cl2N5O2S. The van der Waals surface area contributed by atoms with Crippen molar-refractivity contribution in [1.82, 2.24) is 14.6 Å². The van der Waals surface area contributed by atoms with E-state index in [0.29, 0.717) is 32.1 Å². The van der Waals surface area contributed by atoms with Gasteiger partial charge in [-0.25, -0.2) is 0 Å². The molecule has 0 unspecified atom stereocenters. The summed E-state index contributed by atoms with van der Waals surface area (Å²) in [6, 6.07) is 7.90. The van der Waals surface area contributed by atoms with Crippen LogP contribution in [-0.4, -0.2) is 31.7 Å². The number of anilines is 1. The maximum atomic E-state index is 12.4. The smallest absolute Gasteiger partial charge is 0.248 e. The van der Waals surface area contributed by atoms with Crippen molar-refractivity contribution in [3.63, 3.8) is 0 Å². The number of thioether (sulfide) groups is 1. The average molecular weight is 410 g/mol. The van der Waals surface area contributed by atoms with Gasteiger partial charge >= 0.3 is 0 Å². The number of fused-ring (bicyclic) bond motifs is 1. The van der Waals surface area contributed by atoms with E-state index in [2.05, 4.69) is 15.5 Å². The van der Waals surface area contributed by atoms with Crippen LogP contribution in [0.25, 0.3) is 5.65 Å². The van der Waals surface area contributed by atoms with Crippen molar-refractivity contribution in [1.29, 1.82) is 0 Å². The Balaban J connectivity index is 1.72. The van der Waals surface area contributed by atoms with Gasteiger partial charge in [-0.3, -0.25) is 14.0 Å². The van der Waals surface area contributed by atoms with Crippen LogP contribution in [0.4, 0.5) is 5.69 Å². The molecule has 3 N–H and O–H groups in total. The van der Waals surface area contributed by atoms with Crippen molar-refractivity contribution in [2.24, 2.45) is 5.73 Å². The number of nitrogens with two attached hydrogens (primary N) is 1. The van der Waals surface area contributed by atoms with Crippen molar-refractivity contribution in [3.8, 4) is 0 Å². The zero-order chi connectivity index (χ0) is 18.8. The lowest BCUT2D eigenvalue weighted by Gasteiger charge is -2.11. The minimum absolute atomic E-state index is 0.230. The maximum Gasteiger partial charge on any atom is 0.248 e. The molecular weight excluding hydrogens is 397 g/mol. The summed E-state index contributed by atoms with van der Waals surface area (Å²) in [6.45, 7) is 1.74. The normalized spacial score (nSPS) is 12.1. The zero-order valence-corrected chi connectivity index (χ0v) is 15.8. The maximum absolute atomic E-state index is 12.4. The Bertz CT molecular complexity index is 990. The number of carbonyl (C=O) groups excluding carboxylic acids is 2. The van der Waals surface area contributed by atoms with Gasteiger partial charge in [0.25, 0.3) is 0 Å². The monoisotopic (exact) mass is 409 g/mol. The summed E-state index contributed by atoms with van der Waals surface area (Å²) >= 11 is 13.3. The second-order valence-electron chi connectivity index (χ2n) is 5.37. The summed E-state index contributed by atoms with van der Waals surface area (Å²) in [5.41, 5.74) is 6.59. The van der Waals surface area contributed by atoms with E-state index < -0.39 is 11.2 Å². The van der Waals surface area contributed by atoms with Crippen LogP contribution in [0.3, 0.4) is 0 Å². The van der Waals surface area contributed by atoms with Crippen LogP contribution in [0.2, 0.25) is 10.0 Å². The first kappa shape index (κ1) is 18.5. The number of aromatic nitrogens is 3. The van der Waals surface area contributed by atoms with Gasteiger partial charge in [0.1, 0.15) is 0 Å². The summed E-state index contributed by atoms with van der Waals surface area (Å²) in [5, 5.41) is 11.7. The number of rotatable bonds is 5. The fraction of sp³-hybridized carbons (Fsp3) is 0.125. The Morgan fingerprint density at radius 2 is 1.92 bits per heavy atom. The average Bonchev–Trinajstić information content (AvgIpc) is 2.98. The molecule has 0 fully saturated rings. The van der Waals surface area contributed by atoms with E-state index in [-0.39, 0.29) is 5.91 Å². The molecule has 7 nitrogen and oxygen atoms in total. The molecule has 3 aromatic rings. The first-order chi connectivity index (χ1) is 12.3. The van der Waals surface area contributed by atoms with Gasteiger partial charge in [0.05, 0.1) is 15.3 Å². The molecule has 2 aromatic heterocycles. The van der Waals surface area contributed by atoms with Gasteiger partial charge in [-0.15, -0.1) is 10.2 Å². The van der Waals surface area contributed by atoms with Crippen LogP contribution >= 0.6 is 35.0 Å². The van der Waals surface area contributed by atoms with E-state index in [4.69, 9.17) is 28.9 Å². The van der Waals surface area contributed by atoms with Gasteiger partial charge in [-0.2, -0.15) is 0 Å². The van der Waals surface area contributed by atoms with Crippen LogP contribution in [-0.2, 0) is 4.79 Å². The second-order valence-corrected chi connectivity index (χ2v) is 7.52. The van der Waals surface area contributed by atoms with E-state index in [1.165, 1.54) is 11.8 Å². The molecule has 2 heterocycles. The van der Waals surface area contributed by atoms with E-state index in [0.717, 1.165) is 0 Å². The Hall–Kier alpha value is -2.29. The Kier molecular flexibility index (Phi) is 5.36. The van der Waals surface area contributed by atoms with Crippen LogP contribution in [0, 0.1) is 0 Å². The van der Waals surface area contributed by atoms with Crippen LogP contribution in [0.15, 0.2) is 41.7 Å². The number of hydrogen-bond donors (Lipinski definition) is 2. The number of benzene rings is 1. The lowest BCUT2D eigenvalue weighted by atomic mass is 10.2. The van der Waals surface area contributed by atoms with Crippen molar-refractivity contribution in [3.05, 3.63) is 52.1 Å². The summed E-state index contributed by atoms with van der Waals surface area (Å²) in [4.78, 5) is 23.5. The first-order valence-corrected chi connectivity index (χ1v) is 9.06. The molecule has 0 saturated carbocycles. The number of halogens is 2. The zero-order valence-electron chi connectivity index (χ0n) is 13.4. The minimum Gasteiger partial charge on any atom is -0.366 e. The SMILES string of the molecule is C[C@@H](Sc1nnc2c(Cl)cc(Cl)cn12)C(=O)Nc1ccc(C(N)=O)cc1. The number of carbonyl (C=O) groups is 2. The Morgan fingerprint density at radius 1 is 1.23 bits per heavy atom. The number of hydrogen-bond acceptors (Lipinski definition) is 5. The Labute approximate surface area is 162 Å². The third kappa shape index (κ3) is 3.92. The van der Waals surface area contributed by atoms with E-state index in [9.17, 15) is 9.59 Å². The molecule has 0 aliphatic rings. The van der Waals surface area contributed by atoms with Crippen LogP contribution in [0.5, 0.6) is 0 Å². The van der Waals surface area contributed by atoms with Crippen LogP contribution in [0.1, 0.15) is 17.3 Å². The highest BCUT2D eigenvalue weighted by molar-refractivity contribution is 8.00. The van der Waals surface area contributed by atoms with Gasteiger partial charge < -0.3 is 11.1 Å². The number of nitrogens with one attached hydrogen (secondary N) is 1. The van der Waals surface area contributed by atoms with Crippen molar-refractivity contribution in [2.45, 2.75) is 17.3 Å². The highest BCUT2D eigenvalue weighted by Crippen LogP contribution is 2.28. The van der Waals surface area contributed by atoms with Gasteiger partial charge in [-0.1, -0.05) is 35.0 Å². The molecule has 10 heteroatoms. The molecule has 2 amide bonds. The van der Waals surface area contributed by atoms with Crippen molar-refractivity contribution >= 4 is 58.1 Å². The van der Waals surface area contributed by atoms with E-state index >= 15 is 0 Å². The van der Waals surface area contributed by atoms with Crippen molar-refractivity contribution in [2.75, 3.05) is 5.32 Å². The highest BCUT2D eigenvalue weighted by atomic mass is 35.5. The standard InChI is InChI=1S/C16H13Cl2N5O2S/c1-8(15(25)20-11-4-2-9(3-5-11)13(19)24)26-16-22-21-14-12(18)6-10(17)7-23(14)16/h2-8H,1H3,(H2,19,24)(H,20,25)/t8-/m1/s1. The third-order valence-corrected chi connectivity index (χ3v) is 5.03. The number of pyridine rings is 1. The molecule has 0 aliphatic heterocycles. The molecule has 3 rings (SSSR count).